The molecular weight excluding hydrogens is 298 g/mol. The topological polar surface area (TPSA) is 25.8 Å². The Hall–Kier alpha value is -2.12. The number of halogens is 6. The number of benzene rings is 1. The van der Waals surface area contributed by atoms with E-state index >= 15 is 0 Å². The summed E-state index contributed by atoms with van der Waals surface area (Å²) in [6.45, 7) is 1.49. The number of nitrogens with zero attached hydrogens (tertiary/aromatic N) is 2. The van der Waals surface area contributed by atoms with Crippen LogP contribution in [0.2, 0.25) is 0 Å². The molecule has 1 heterocycles. The summed E-state index contributed by atoms with van der Waals surface area (Å²) in [6, 6.07) is 2.61. The van der Waals surface area contributed by atoms with E-state index in [1.54, 1.807) is 0 Å². The fraction of sp³-hybridized carbons (Fsp3) is 0.231. The van der Waals surface area contributed by atoms with Gasteiger partial charge in [-0.2, -0.15) is 26.3 Å². The number of aryl methyl sites for hydroxylation is 1. The molecule has 0 amide bonds. The van der Waals surface area contributed by atoms with Gasteiger partial charge in [0, 0.05) is 11.8 Å². The van der Waals surface area contributed by atoms with Crippen LogP contribution in [0.3, 0.4) is 0 Å². The van der Waals surface area contributed by atoms with E-state index in [0.29, 0.717) is 12.1 Å². The number of alkyl halides is 6. The third-order valence-electron chi connectivity index (χ3n) is 2.66. The third-order valence-corrected chi connectivity index (χ3v) is 2.66. The van der Waals surface area contributed by atoms with Crippen molar-refractivity contribution in [3.8, 4) is 11.3 Å². The molecular formula is C13H8F6N2. The molecule has 2 nitrogen and oxygen atoms in total. The maximum atomic E-state index is 12.7. The molecule has 0 fully saturated rings. The highest BCUT2D eigenvalue weighted by atomic mass is 19.4. The van der Waals surface area contributed by atoms with Gasteiger partial charge in [0.05, 0.1) is 16.8 Å². The summed E-state index contributed by atoms with van der Waals surface area (Å²) in [5, 5.41) is 0. The summed E-state index contributed by atoms with van der Waals surface area (Å²) >= 11 is 0. The van der Waals surface area contributed by atoms with Crippen molar-refractivity contribution < 1.29 is 26.3 Å². The zero-order valence-corrected chi connectivity index (χ0v) is 10.5. The summed E-state index contributed by atoms with van der Waals surface area (Å²) in [6.07, 6.45) is -8.48. The van der Waals surface area contributed by atoms with Crippen LogP contribution in [0.4, 0.5) is 26.3 Å². The molecule has 0 spiro atoms. The fourth-order valence-corrected chi connectivity index (χ4v) is 1.72. The van der Waals surface area contributed by atoms with E-state index in [0.717, 1.165) is 0 Å². The van der Waals surface area contributed by atoms with Crippen molar-refractivity contribution in [2.24, 2.45) is 0 Å². The lowest BCUT2D eigenvalue weighted by molar-refractivity contribution is -0.143. The quantitative estimate of drug-likeness (QED) is 0.725. The highest BCUT2D eigenvalue weighted by Gasteiger charge is 2.37. The molecule has 112 valence electrons. The highest BCUT2D eigenvalue weighted by molar-refractivity contribution is 5.61. The summed E-state index contributed by atoms with van der Waals surface area (Å²) in [7, 11) is 0. The van der Waals surface area contributed by atoms with Crippen LogP contribution in [0.5, 0.6) is 0 Å². The van der Waals surface area contributed by atoms with Crippen LogP contribution in [0.15, 0.2) is 30.5 Å². The van der Waals surface area contributed by atoms with Gasteiger partial charge in [-0.3, -0.25) is 0 Å². The molecule has 0 aliphatic heterocycles. The van der Waals surface area contributed by atoms with Crippen LogP contribution < -0.4 is 0 Å². The highest BCUT2D eigenvalue weighted by Crippen LogP contribution is 2.38. The van der Waals surface area contributed by atoms with Crippen LogP contribution in [-0.2, 0) is 12.4 Å². The number of hydrogen-bond donors (Lipinski definition) is 0. The summed E-state index contributed by atoms with van der Waals surface area (Å²) in [5.41, 5.74) is -3.01. The van der Waals surface area contributed by atoms with Crippen molar-refractivity contribution in [1.82, 2.24) is 9.97 Å². The van der Waals surface area contributed by atoms with Gasteiger partial charge in [-0.25, -0.2) is 9.97 Å². The van der Waals surface area contributed by atoms with Gasteiger partial charge in [-0.05, 0) is 31.2 Å². The third kappa shape index (κ3) is 3.50. The summed E-state index contributed by atoms with van der Waals surface area (Å²) in [5.74, 6) is 0.249. The van der Waals surface area contributed by atoms with E-state index in [1.807, 2.05) is 0 Å². The Bertz CT molecular complexity index is 628. The van der Waals surface area contributed by atoms with E-state index in [2.05, 4.69) is 9.97 Å². The van der Waals surface area contributed by atoms with E-state index < -0.39 is 23.5 Å². The molecule has 0 aliphatic rings. The van der Waals surface area contributed by atoms with Gasteiger partial charge in [-0.15, -0.1) is 0 Å². The molecule has 21 heavy (non-hydrogen) atoms. The van der Waals surface area contributed by atoms with E-state index in [9.17, 15) is 26.3 Å². The first-order valence-electron chi connectivity index (χ1n) is 5.67. The predicted octanol–water partition coefficient (Wildman–Crippen LogP) is 4.49. The lowest BCUT2D eigenvalue weighted by Crippen LogP contribution is -2.11. The first-order chi connectivity index (χ1) is 9.57. The average molecular weight is 306 g/mol. The van der Waals surface area contributed by atoms with Gasteiger partial charge >= 0.3 is 12.4 Å². The van der Waals surface area contributed by atoms with Gasteiger partial charge in [0.2, 0.25) is 0 Å². The van der Waals surface area contributed by atoms with Crippen LogP contribution >= 0.6 is 0 Å². The zero-order valence-electron chi connectivity index (χ0n) is 10.5. The molecule has 0 aliphatic carbocycles. The molecule has 0 saturated heterocycles. The zero-order chi connectivity index (χ0) is 15.8. The maximum absolute atomic E-state index is 12.7. The van der Waals surface area contributed by atoms with Crippen molar-refractivity contribution in [3.63, 3.8) is 0 Å². The molecule has 0 saturated carbocycles. The molecule has 1 aromatic heterocycles. The van der Waals surface area contributed by atoms with Gasteiger partial charge in [0.15, 0.2) is 0 Å². The minimum Gasteiger partial charge on any atom is -0.242 e. The van der Waals surface area contributed by atoms with Crippen molar-refractivity contribution in [1.29, 1.82) is 0 Å². The average Bonchev–Trinajstić information content (AvgIpc) is 2.36. The summed E-state index contributed by atoms with van der Waals surface area (Å²) < 4.78 is 76.4. The minimum atomic E-state index is -4.88. The molecule has 0 unspecified atom stereocenters. The van der Waals surface area contributed by atoms with Gasteiger partial charge in [-0.1, -0.05) is 0 Å². The Labute approximate surface area is 115 Å². The summed E-state index contributed by atoms with van der Waals surface area (Å²) in [4.78, 5) is 7.60. The number of hydrogen-bond acceptors (Lipinski definition) is 2. The van der Waals surface area contributed by atoms with Crippen molar-refractivity contribution in [3.05, 3.63) is 47.4 Å². The maximum Gasteiger partial charge on any atom is 0.416 e. The second kappa shape index (κ2) is 5.01. The van der Waals surface area contributed by atoms with E-state index in [4.69, 9.17) is 0 Å². The Morgan fingerprint density at radius 3 is 1.81 bits per heavy atom. The Kier molecular flexibility index (Phi) is 3.65. The van der Waals surface area contributed by atoms with Crippen LogP contribution in [0, 0.1) is 6.92 Å². The molecule has 2 rings (SSSR count). The van der Waals surface area contributed by atoms with Gasteiger partial charge in [0.25, 0.3) is 0 Å². The second-order valence-electron chi connectivity index (χ2n) is 4.28. The van der Waals surface area contributed by atoms with Crippen molar-refractivity contribution in [2.45, 2.75) is 19.3 Å². The van der Waals surface area contributed by atoms with Crippen LogP contribution in [0.25, 0.3) is 11.3 Å². The van der Waals surface area contributed by atoms with Gasteiger partial charge in [0.1, 0.15) is 5.82 Å². The second-order valence-corrected chi connectivity index (χ2v) is 4.28. The molecule has 0 radical (unpaired) electrons. The lowest BCUT2D eigenvalue weighted by atomic mass is 10.0. The first-order valence-corrected chi connectivity index (χ1v) is 5.67. The molecule has 0 atom stereocenters. The SMILES string of the molecule is Cc1nccc(-c2cc(C(F)(F)F)cc(C(F)(F)F)c2)n1. The Balaban J connectivity index is 2.66. The molecule has 0 bridgehead atoms. The Morgan fingerprint density at radius 1 is 0.857 bits per heavy atom. The molecule has 0 N–H and O–H groups in total. The smallest absolute Gasteiger partial charge is 0.242 e. The first kappa shape index (κ1) is 15.3. The number of rotatable bonds is 1. The van der Waals surface area contributed by atoms with Gasteiger partial charge < -0.3 is 0 Å². The van der Waals surface area contributed by atoms with Crippen LogP contribution in [-0.4, -0.2) is 9.97 Å². The van der Waals surface area contributed by atoms with E-state index in [-0.39, 0.29) is 23.1 Å². The molecule has 8 heteroatoms. The molecule has 2 aromatic rings. The molecule has 1 aromatic carbocycles. The van der Waals surface area contributed by atoms with E-state index in [1.165, 1.54) is 19.2 Å². The van der Waals surface area contributed by atoms with Crippen LogP contribution in [0.1, 0.15) is 17.0 Å². The lowest BCUT2D eigenvalue weighted by Gasteiger charge is -2.14. The van der Waals surface area contributed by atoms with Crippen molar-refractivity contribution >= 4 is 0 Å². The van der Waals surface area contributed by atoms with Crippen molar-refractivity contribution in [2.75, 3.05) is 0 Å². The standard InChI is InChI=1S/C13H8F6N2/c1-7-20-3-2-11(21-7)8-4-9(12(14,15)16)6-10(5-8)13(17,18)19/h2-6H,1H3. The largest absolute Gasteiger partial charge is 0.416 e. The predicted molar refractivity (Wildman–Crippen MR) is 62.2 cm³/mol. The minimum absolute atomic E-state index is 0.000833. The Morgan fingerprint density at radius 2 is 1.38 bits per heavy atom. The monoisotopic (exact) mass is 306 g/mol. The normalized spacial score (nSPS) is 12.5. The number of aromatic nitrogens is 2. The fourth-order valence-electron chi connectivity index (χ4n) is 1.72.